The minimum atomic E-state index is -2.91. The van der Waals surface area contributed by atoms with Crippen LogP contribution < -0.4 is 4.74 Å². The number of benzene rings is 1. The maximum Gasteiger partial charge on any atom is 0.387 e. The summed E-state index contributed by atoms with van der Waals surface area (Å²) in [5.74, 6) is 0.680. The molecule has 0 fully saturated rings. The molecule has 1 aromatic heterocycles. The smallest absolute Gasteiger partial charge is 0.387 e. The molecule has 0 spiro atoms. The van der Waals surface area contributed by atoms with E-state index >= 15 is 0 Å². The Morgan fingerprint density at radius 2 is 2.25 bits per heavy atom. The molecule has 24 heavy (non-hydrogen) atoms. The zero-order chi connectivity index (χ0) is 17.7. The fraction of sp³-hybridized carbons (Fsp3) is 0.333. The molecule has 0 amide bonds. The number of nitrogens with zero attached hydrogens (tertiary/aromatic N) is 2. The largest absolute Gasteiger partial charge is 0.499 e. The molecule has 1 aromatic carbocycles. The number of aromatic nitrogens is 2. The Hall–Kier alpha value is -2.29. The van der Waals surface area contributed by atoms with E-state index in [1.807, 2.05) is 0 Å². The van der Waals surface area contributed by atoms with Gasteiger partial charge >= 0.3 is 6.61 Å². The van der Waals surface area contributed by atoms with Gasteiger partial charge in [-0.2, -0.15) is 8.78 Å². The SMILES string of the molecule is CC=N/C(CS(=O)c1nc2ccc(OC(F)F)cc2[nH]1)=C(\C)OC. The molecule has 1 unspecified atom stereocenters. The van der Waals surface area contributed by atoms with Crippen LogP contribution in [0.5, 0.6) is 5.75 Å². The molecule has 2 rings (SSSR count). The number of halogens is 2. The fourth-order valence-electron chi connectivity index (χ4n) is 1.95. The number of aliphatic imine (C=N–C) groups is 1. The number of aromatic amines is 1. The zero-order valence-corrected chi connectivity index (χ0v) is 14.2. The molecule has 1 N–H and O–H groups in total. The normalized spacial score (nSPS) is 14.2. The van der Waals surface area contributed by atoms with Crippen LogP contribution in [0.4, 0.5) is 8.78 Å². The molecular weight excluding hydrogens is 340 g/mol. The van der Waals surface area contributed by atoms with Gasteiger partial charge in [0, 0.05) is 12.3 Å². The zero-order valence-electron chi connectivity index (χ0n) is 13.4. The van der Waals surface area contributed by atoms with Crippen molar-refractivity contribution in [3.63, 3.8) is 0 Å². The Balaban J connectivity index is 2.26. The Bertz CT molecular complexity index is 802. The molecule has 0 aliphatic carbocycles. The van der Waals surface area contributed by atoms with Crippen LogP contribution in [-0.2, 0) is 15.5 Å². The molecule has 0 aliphatic rings. The highest BCUT2D eigenvalue weighted by Crippen LogP contribution is 2.22. The van der Waals surface area contributed by atoms with Gasteiger partial charge in [0.25, 0.3) is 0 Å². The molecule has 1 heterocycles. The van der Waals surface area contributed by atoms with Gasteiger partial charge in [-0.3, -0.25) is 9.20 Å². The van der Waals surface area contributed by atoms with E-state index in [9.17, 15) is 13.0 Å². The van der Waals surface area contributed by atoms with Gasteiger partial charge in [-0.1, -0.05) is 0 Å². The van der Waals surface area contributed by atoms with Crippen LogP contribution in [0.3, 0.4) is 0 Å². The van der Waals surface area contributed by atoms with Gasteiger partial charge in [0.1, 0.15) is 11.5 Å². The van der Waals surface area contributed by atoms with Gasteiger partial charge in [0.15, 0.2) is 5.16 Å². The van der Waals surface area contributed by atoms with Crippen LogP contribution >= 0.6 is 0 Å². The van der Waals surface area contributed by atoms with Crippen molar-refractivity contribution < 1.29 is 22.5 Å². The van der Waals surface area contributed by atoms with Crippen LogP contribution in [0.2, 0.25) is 0 Å². The lowest BCUT2D eigenvalue weighted by atomic mass is 10.3. The first-order chi connectivity index (χ1) is 11.4. The summed E-state index contributed by atoms with van der Waals surface area (Å²) in [6.07, 6.45) is 1.58. The van der Waals surface area contributed by atoms with Gasteiger partial charge in [0.2, 0.25) is 0 Å². The average Bonchev–Trinajstić information content (AvgIpc) is 2.96. The fourth-order valence-corrected chi connectivity index (χ4v) is 3.03. The van der Waals surface area contributed by atoms with E-state index < -0.39 is 17.4 Å². The van der Waals surface area contributed by atoms with E-state index in [1.54, 1.807) is 20.1 Å². The molecule has 0 saturated heterocycles. The Morgan fingerprint density at radius 1 is 1.50 bits per heavy atom. The summed E-state index contributed by atoms with van der Waals surface area (Å²) in [6.45, 7) is 0.569. The number of nitrogens with one attached hydrogen (secondary N) is 1. The van der Waals surface area contributed by atoms with Crippen molar-refractivity contribution in [1.82, 2.24) is 9.97 Å². The highest BCUT2D eigenvalue weighted by Gasteiger charge is 2.15. The third-order valence-electron chi connectivity index (χ3n) is 3.14. The van der Waals surface area contributed by atoms with Crippen molar-refractivity contribution >= 4 is 28.0 Å². The second-order valence-electron chi connectivity index (χ2n) is 4.68. The van der Waals surface area contributed by atoms with Crippen LogP contribution in [0.25, 0.3) is 11.0 Å². The first kappa shape index (κ1) is 18.1. The quantitative estimate of drug-likeness (QED) is 0.610. The number of alkyl halides is 2. The second-order valence-corrected chi connectivity index (χ2v) is 6.05. The molecule has 0 aliphatic heterocycles. The number of rotatable bonds is 7. The van der Waals surface area contributed by atoms with Crippen LogP contribution in [-0.4, -0.2) is 39.9 Å². The molecule has 0 bridgehead atoms. The van der Waals surface area contributed by atoms with Gasteiger partial charge < -0.3 is 14.5 Å². The number of methoxy groups -OCH3 is 1. The lowest BCUT2D eigenvalue weighted by molar-refractivity contribution is -0.0497. The van der Waals surface area contributed by atoms with Crippen LogP contribution in [0.1, 0.15) is 13.8 Å². The summed E-state index contributed by atoms with van der Waals surface area (Å²) in [5.41, 5.74) is 1.51. The lowest BCUT2D eigenvalue weighted by Gasteiger charge is -2.05. The van der Waals surface area contributed by atoms with Gasteiger partial charge in [-0.15, -0.1) is 0 Å². The summed E-state index contributed by atoms with van der Waals surface area (Å²) in [7, 11) is 0.0147. The first-order valence-corrected chi connectivity index (χ1v) is 8.31. The van der Waals surface area contributed by atoms with Crippen LogP contribution in [0, 0.1) is 0 Å². The van der Waals surface area contributed by atoms with E-state index in [4.69, 9.17) is 4.74 Å². The molecular formula is C15H17F2N3O3S. The average molecular weight is 357 g/mol. The summed E-state index contributed by atoms with van der Waals surface area (Å²) >= 11 is 0. The summed E-state index contributed by atoms with van der Waals surface area (Å²) in [4.78, 5) is 11.2. The third kappa shape index (κ3) is 4.38. The Morgan fingerprint density at radius 3 is 2.88 bits per heavy atom. The molecule has 1 atom stereocenters. The number of imidazole rings is 1. The van der Waals surface area contributed by atoms with Gasteiger partial charge in [-0.25, -0.2) is 4.98 Å². The van der Waals surface area contributed by atoms with Crippen molar-refractivity contribution in [3.05, 3.63) is 29.7 Å². The molecule has 9 heteroatoms. The number of hydrogen-bond acceptors (Lipinski definition) is 5. The highest BCUT2D eigenvalue weighted by molar-refractivity contribution is 7.85. The molecule has 0 radical (unpaired) electrons. The minimum Gasteiger partial charge on any atom is -0.499 e. The van der Waals surface area contributed by atoms with Crippen molar-refractivity contribution in [2.45, 2.75) is 25.6 Å². The van der Waals surface area contributed by atoms with E-state index in [1.165, 1.54) is 25.3 Å². The first-order valence-electron chi connectivity index (χ1n) is 7.00. The van der Waals surface area contributed by atoms with Crippen molar-refractivity contribution in [2.24, 2.45) is 4.99 Å². The minimum absolute atomic E-state index is 0.00452. The number of fused-ring (bicyclic) bond motifs is 1. The number of ether oxygens (including phenoxy) is 2. The number of hydrogen-bond donors (Lipinski definition) is 1. The van der Waals surface area contributed by atoms with E-state index in [2.05, 4.69) is 19.7 Å². The molecule has 0 saturated carbocycles. The standard InChI is InChI=1S/C15H17F2N3O3S/c1-4-18-13(9(2)22-3)8-24(21)15-19-11-6-5-10(23-14(16)17)7-12(11)20-15/h4-7,14H,8H2,1-3H3,(H,19,20)/b13-9+,18-4?. The van der Waals surface area contributed by atoms with Gasteiger partial charge in [0.05, 0.1) is 40.4 Å². The van der Waals surface area contributed by atoms with Crippen molar-refractivity contribution in [3.8, 4) is 5.75 Å². The third-order valence-corrected chi connectivity index (χ3v) is 4.30. The van der Waals surface area contributed by atoms with E-state index in [-0.39, 0.29) is 16.7 Å². The van der Waals surface area contributed by atoms with E-state index in [0.29, 0.717) is 22.5 Å². The predicted octanol–water partition coefficient (Wildman–Crippen LogP) is 3.24. The summed E-state index contributed by atoms with van der Waals surface area (Å²) < 4.78 is 46.5. The predicted molar refractivity (Wildman–Crippen MR) is 87.9 cm³/mol. The maximum absolute atomic E-state index is 12.5. The Labute approximate surface area is 140 Å². The van der Waals surface area contributed by atoms with Crippen LogP contribution in [0.15, 0.2) is 39.8 Å². The van der Waals surface area contributed by atoms with Crippen molar-refractivity contribution in [1.29, 1.82) is 0 Å². The molecule has 2 aromatic rings. The molecule has 130 valence electrons. The van der Waals surface area contributed by atoms with E-state index in [0.717, 1.165) is 0 Å². The molecule has 6 nitrogen and oxygen atoms in total. The highest BCUT2D eigenvalue weighted by atomic mass is 32.2. The van der Waals surface area contributed by atoms with Gasteiger partial charge in [-0.05, 0) is 26.0 Å². The summed E-state index contributed by atoms with van der Waals surface area (Å²) in [5, 5.41) is 0.229. The monoisotopic (exact) mass is 357 g/mol. The second kappa shape index (κ2) is 8.00. The lowest BCUT2D eigenvalue weighted by Crippen LogP contribution is -2.04. The summed E-state index contributed by atoms with van der Waals surface area (Å²) in [6, 6.07) is 4.28. The maximum atomic E-state index is 12.5. The number of H-pyrrole nitrogens is 1. The topological polar surface area (TPSA) is 76.6 Å². The number of allylic oxidation sites excluding steroid dienone is 1. The Kier molecular flexibility index (Phi) is 6.02. The van der Waals surface area contributed by atoms with Crippen molar-refractivity contribution in [2.75, 3.05) is 12.9 Å².